The third-order valence-electron chi connectivity index (χ3n) is 2.61. The third kappa shape index (κ3) is 1.75. The highest BCUT2D eigenvalue weighted by Crippen LogP contribution is 2.25. The van der Waals surface area contributed by atoms with Crippen LogP contribution in [0.5, 0.6) is 5.75 Å². The molecule has 0 bridgehead atoms. The lowest BCUT2D eigenvalue weighted by atomic mass is 10.2. The molecule has 5 heteroatoms. The second-order valence-corrected chi connectivity index (χ2v) is 3.81. The number of aromatic nitrogens is 2. The largest absolute Gasteiger partial charge is 0.497 e. The van der Waals surface area contributed by atoms with Crippen LogP contribution in [0.1, 0.15) is 0 Å². The van der Waals surface area contributed by atoms with Gasteiger partial charge >= 0.3 is 0 Å². The van der Waals surface area contributed by atoms with Gasteiger partial charge in [-0.1, -0.05) is 0 Å². The van der Waals surface area contributed by atoms with Crippen molar-refractivity contribution >= 4 is 17.0 Å². The van der Waals surface area contributed by atoms with E-state index in [0.717, 1.165) is 11.3 Å². The van der Waals surface area contributed by atoms with E-state index in [9.17, 15) is 0 Å². The number of nitrogen functional groups attached to an aromatic ring is 1. The Hall–Kier alpha value is -2.56. The van der Waals surface area contributed by atoms with E-state index in [1.54, 1.807) is 19.2 Å². The van der Waals surface area contributed by atoms with Crippen LogP contribution in [-0.4, -0.2) is 17.1 Å². The molecule has 0 aliphatic rings. The van der Waals surface area contributed by atoms with E-state index in [1.165, 1.54) is 0 Å². The van der Waals surface area contributed by atoms with Gasteiger partial charge in [-0.25, -0.2) is 4.98 Å². The fourth-order valence-electron chi connectivity index (χ4n) is 1.69. The normalized spacial score (nSPS) is 10.7. The maximum atomic E-state index is 5.61. The van der Waals surface area contributed by atoms with E-state index in [-0.39, 0.29) is 0 Å². The highest BCUT2D eigenvalue weighted by molar-refractivity contribution is 5.73. The first-order valence-corrected chi connectivity index (χ1v) is 5.44. The summed E-state index contributed by atoms with van der Waals surface area (Å²) in [6.07, 6.45) is 0. The van der Waals surface area contributed by atoms with Gasteiger partial charge in [-0.15, -0.1) is 0 Å². The highest BCUT2D eigenvalue weighted by Gasteiger charge is 2.09. The number of anilines is 1. The van der Waals surface area contributed by atoms with Gasteiger partial charge in [0, 0.05) is 5.56 Å². The summed E-state index contributed by atoms with van der Waals surface area (Å²) >= 11 is 0. The van der Waals surface area contributed by atoms with Crippen LogP contribution in [0.25, 0.3) is 22.7 Å². The quantitative estimate of drug-likeness (QED) is 0.746. The van der Waals surface area contributed by atoms with Gasteiger partial charge in [-0.3, -0.25) is 0 Å². The number of hydrogen-bond donors (Lipinski definition) is 1. The van der Waals surface area contributed by atoms with Gasteiger partial charge < -0.3 is 14.9 Å². The Labute approximate surface area is 103 Å². The molecule has 0 saturated heterocycles. The van der Waals surface area contributed by atoms with E-state index < -0.39 is 0 Å². The van der Waals surface area contributed by atoms with E-state index in [2.05, 4.69) is 9.97 Å². The van der Waals surface area contributed by atoms with Crippen molar-refractivity contribution in [2.45, 2.75) is 0 Å². The fourth-order valence-corrected chi connectivity index (χ4v) is 1.69. The molecule has 0 saturated carbocycles. The summed E-state index contributed by atoms with van der Waals surface area (Å²) in [5, 5.41) is 0. The van der Waals surface area contributed by atoms with Gasteiger partial charge in [0.25, 0.3) is 0 Å². The average molecular weight is 241 g/mol. The number of ether oxygens (including phenoxy) is 1. The zero-order valence-electron chi connectivity index (χ0n) is 9.75. The van der Waals surface area contributed by atoms with Crippen molar-refractivity contribution in [3.63, 3.8) is 0 Å². The molecule has 5 nitrogen and oxygen atoms in total. The second kappa shape index (κ2) is 4.03. The maximum Gasteiger partial charge on any atom is 0.228 e. The van der Waals surface area contributed by atoms with E-state index in [1.807, 2.05) is 24.3 Å². The summed E-state index contributed by atoms with van der Waals surface area (Å²) < 4.78 is 10.7. The highest BCUT2D eigenvalue weighted by atomic mass is 16.5. The first-order valence-electron chi connectivity index (χ1n) is 5.44. The van der Waals surface area contributed by atoms with Gasteiger partial charge in [-0.05, 0) is 36.4 Å². The predicted molar refractivity (Wildman–Crippen MR) is 68.2 cm³/mol. The molecular weight excluding hydrogens is 230 g/mol. The van der Waals surface area contributed by atoms with Crippen LogP contribution in [0, 0.1) is 0 Å². The van der Waals surface area contributed by atoms with E-state index in [4.69, 9.17) is 14.9 Å². The lowest BCUT2D eigenvalue weighted by molar-refractivity contribution is 0.415. The Morgan fingerprint density at radius 1 is 1.06 bits per heavy atom. The molecule has 2 N–H and O–H groups in total. The van der Waals surface area contributed by atoms with Crippen LogP contribution in [-0.2, 0) is 0 Å². The van der Waals surface area contributed by atoms with Crippen molar-refractivity contribution < 1.29 is 9.15 Å². The van der Waals surface area contributed by atoms with Gasteiger partial charge in [-0.2, -0.15) is 4.98 Å². The number of hydrogen-bond acceptors (Lipinski definition) is 5. The molecule has 0 radical (unpaired) electrons. The number of pyridine rings is 1. The molecular formula is C13H11N3O2. The van der Waals surface area contributed by atoms with E-state index >= 15 is 0 Å². The molecule has 0 unspecified atom stereocenters. The third-order valence-corrected chi connectivity index (χ3v) is 2.61. The molecule has 3 rings (SSSR count). The van der Waals surface area contributed by atoms with Gasteiger partial charge in [0.15, 0.2) is 5.58 Å². The molecule has 0 atom stereocenters. The number of rotatable bonds is 2. The summed E-state index contributed by atoms with van der Waals surface area (Å²) in [5.41, 5.74) is 7.60. The summed E-state index contributed by atoms with van der Waals surface area (Å²) in [7, 11) is 1.63. The lowest BCUT2D eigenvalue weighted by Gasteiger charge is -1.99. The molecule has 2 aromatic heterocycles. The molecule has 2 heterocycles. The second-order valence-electron chi connectivity index (χ2n) is 3.81. The van der Waals surface area contributed by atoms with Gasteiger partial charge in [0.2, 0.25) is 11.5 Å². The van der Waals surface area contributed by atoms with Gasteiger partial charge in [0.1, 0.15) is 11.6 Å². The van der Waals surface area contributed by atoms with Crippen LogP contribution < -0.4 is 10.5 Å². The Balaban J connectivity index is 2.07. The molecule has 18 heavy (non-hydrogen) atoms. The summed E-state index contributed by atoms with van der Waals surface area (Å²) in [6, 6.07) is 10.9. The first-order chi connectivity index (χ1) is 8.76. The van der Waals surface area contributed by atoms with Crippen molar-refractivity contribution in [2.24, 2.45) is 0 Å². The van der Waals surface area contributed by atoms with Crippen molar-refractivity contribution in [1.29, 1.82) is 0 Å². The Morgan fingerprint density at radius 2 is 1.83 bits per heavy atom. The van der Waals surface area contributed by atoms with Crippen LogP contribution in [0.4, 0.5) is 5.82 Å². The minimum Gasteiger partial charge on any atom is -0.497 e. The van der Waals surface area contributed by atoms with Crippen molar-refractivity contribution in [1.82, 2.24) is 9.97 Å². The fraction of sp³-hybridized carbons (Fsp3) is 0.0769. The van der Waals surface area contributed by atoms with Crippen LogP contribution >= 0.6 is 0 Å². The number of nitrogens with zero attached hydrogens (tertiary/aromatic N) is 2. The predicted octanol–water partition coefficient (Wildman–Crippen LogP) is 2.48. The van der Waals surface area contributed by atoms with Crippen LogP contribution in [0.15, 0.2) is 40.8 Å². The first kappa shape index (κ1) is 10.6. The zero-order chi connectivity index (χ0) is 12.5. The number of methoxy groups -OCH3 is 1. The average Bonchev–Trinajstić information content (AvgIpc) is 2.81. The summed E-state index contributed by atoms with van der Waals surface area (Å²) in [5.74, 6) is 1.74. The van der Waals surface area contributed by atoms with Gasteiger partial charge in [0.05, 0.1) is 7.11 Å². The monoisotopic (exact) mass is 241 g/mol. The summed E-state index contributed by atoms with van der Waals surface area (Å²) in [6.45, 7) is 0. The standard InChI is InChI=1S/C13H11N3O2/c1-17-9-4-2-8(3-5-9)13-16-12-10(18-13)6-7-11(14)15-12/h2-7H,1H3,(H2,14,15). The Morgan fingerprint density at radius 3 is 2.56 bits per heavy atom. The molecule has 0 aliphatic carbocycles. The number of benzene rings is 1. The molecule has 0 aliphatic heterocycles. The van der Waals surface area contributed by atoms with Crippen molar-refractivity contribution in [3.05, 3.63) is 36.4 Å². The topological polar surface area (TPSA) is 74.2 Å². The zero-order valence-corrected chi connectivity index (χ0v) is 9.75. The molecule has 1 aromatic carbocycles. The van der Waals surface area contributed by atoms with Crippen LogP contribution in [0.2, 0.25) is 0 Å². The molecule has 0 amide bonds. The Kier molecular flexibility index (Phi) is 2.37. The minimum absolute atomic E-state index is 0.428. The lowest BCUT2D eigenvalue weighted by Crippen LogP contribution is -1.88. The Bertz CT molecular complexity index is 689. The maximum absolute atomic E-state index is 5.61. The number of oxazole rings is 1. The SMILES string of the molecule is COc1ccc(-c2nc3nc(N)ccc3o2)cc1. The minimum atomic E-state index is 0.428. The molecule has 90 valence electrons. The van der Waals surface area contributed by atoms with Crippen molar-refractivity contribution in [3.8, 4) is 17.2 Å². The number of fused-ring (bicyclic) bond motifs is 1. The van der Waals surface area contributed by atoms with Crippen molar-refractivity contribution in [2.75, 3.05) is 12.8 Å². The smallest absolute Gasteiger partial charge is 0.228 e. The molecule has 3 aromatic rings. The number of nitrogens with two attached hydrogens (primary N) is 1. The molecule has 0 fully saturated rings. The molecule has 0 spiro atoms. The van der Waals surface area contributed by atoms with E-state index in [0.29, 0.717) is 22.9 Å². The van der Waals surface area contributed by atoms with Crippen LogP contribution in [0.3, 0.4) is 0 Å². The summed E-state index contributed by atoms with van der Waals surface area (Å²) in [4.78, 5) is 8.40.